The molecule has 0 fully saturated rings. The van der Waals surface area contributed by atoms with E-state index in [0.717, 1.165) is 17.8 Å². The maximum absolute atomic E-state index is 10.3. The Morgan fingerprint density at radius 3 is 2.61 bits per heavy atom. The first-order valence-corrected chi connectivity index (χ1v) is 6.06. The molecular formula is C13H16N2O2S. The van der Waals surface area contributed by atoms with E-state index in [9.17, 15) is 4.79 Å². The van der Waals surface area contributed by atoms with Gasteiger partial charge in [0.2, 0.25) is 0 Å². The molecule has 96 valence electrons. The Morgan fingerprint density at radius 2 is 2.06 bits per heavy atom. The maximum Gasteiger partial charge on any atom is 0.307 e. The molecule has 0 aliphatic carbocycles. The average molecular weight is 264 g/mol. The minimum atomic E-state index is -0.833. The molecular weight excluding hydrogens is 248 g/mol. The number of carboxylic acids is 1. The van der Waals surface area contributed by atoms with Crippen LogP contribution in [0.2, 0.25) is 0 Å². The number of hydrogen-bond donors (Lipinski definition) is 3. The van der Waals surface area contributed by atoms with Gasteiger partial charge in [0.05, 0.1) is 6.42 Å². The Bertz CT molecular complexity index is 441. The van der Waals surface area contributed by atoms with Gasteiger partial charge in [0.1, 0.15) is 0 Å². The van der Waals surface area contributed by atoms with Crippen LogP contribution in [0, 0.1) is 0 Å². The molecule has 0 saturated carbocycles. The maximum atomic E-state index is 10.3. The highest BCUT2D eigenvalue weighted by molar-refractivity contribution is 7.80. The van der Waals surface area contributed by atoms with Crippen molar-refractivity contribution >= 4 is 35.1 Å². The molecule has 0 aliphatic rings. The average Bonchev–Trinajstić information content (AvgIpc) is 2.31. The molecule has 0 atom stereocenters. The first-order valence-electron chi connectivity index (χ1n) is 5.65. The normalized spacial score (nSPS) is 10.3. The molecule has 0 aromatic heterocycles. The number of anilines is 1. The van der Waals surface area contributed by atoms with Crippen LogP contribution in [0.15, 0.2) is 30.3 Å². The van der Waals surface area contributed by atoms with E-state index in [2.05, 4.69) is 10.6 Å². The van der Waals surface area contributed by atoms with Gasteiger partial charge in [0.15, 0.2) is 5.11 Å². The second-order valence-corrected chi connectivity index (χ2v) is 4.01. The summed E-state index contributed by atoms with van der Waals surface area (Å²) in [5, 5.41) is 15.1. The van der Waals surface area contributed by atoms with Crippen LogP contribution in [0.3, 0.4) is 0 Å². The fourth-order valence-corrected chi connectivity index (χ4v) is 1.57. The number of aliphatic carboxylic acids is 1. The monoisotopic (exact) mass is 264 g/mol. The lowest BCUT2D eigenvalue weighted by molar-refractivity contribution is -0.135. The Hall–Kier alpha value is -1.88. The van der Waals surface area contributed by atoms with Gasteiger partial charge in [0.25, 0.3) is 0 Å². The van der Waals surface area contributed by atoms with Crippen LogP contribution < -0.4 is 10.6 Å². The highest BCUT2D eigenvalue weighted by Crippen LogP contribution is 2.11. The van der Waals surface area contributed by atoms with E-state index in [1.165, 1.54) is 0 Å². The molecule has 4 nitrogen and oxygen atoms in total. The lowest BCUT2D eigenvalue weighted by Crippen LogP contribution is -2.27. The van der Waals surface area contributed by atoms with Crippen molar-refractivity contribution in [2.24, 2.45) is 0 Å². The molecule has 0 aliphatic heterocycles. The van der Waals surface area contributed by atoms with Crippen LogP contribution >= 0.6 is 12.2 Å². The molecule has 3 N–H and O–H groups in total. The summed E-state index contributed by atoms with van der Waals surface area (Å²) in [6.07, 6.45) is 3.43. The summed E-state index contributed by atoms with van der Waals surface area (Å²) in [5.74, 6) is -0.833. The van der Waals surface area contributed by atoms with Gasteiger partial charge < -0.3 is 15.7 Å². The number of thiocarbonyl (C=S) groups is 1. The highest BCUT2D eigenvalue weighted by atomic mass is 32.1. The Labute approximate surface area is 112 Å². The smallest absolute Gasteiger partial charge is 0.307 e. The number of carboxylic acid groups (broad SMARTS) is 1. The Balaban J connectivity index is 2.54. The third-order valence-corrected chi connectivity index (χ3v) is 2.36. The van der Waals surface area contributed by atoms with Crippen molar-refractivity contribution < 1.29 is 9.90 Å². The van der Waals surface area contributed by atoms with Gasteiger partial charge >= 0.3 is 5.97 Å². The summed E-state index contributed by atoms with van der Waals surface area (Å²) in [7, 11) is 0. The van der Waals surface area contributed by atoms with Gasteiger partial charge in [-0.05, 0) is 36.8 Å². The van der Waals surface area contributed by atoms with Crippen molar-refractivity contribution in [2.45, 2.75) is 13.3 Å². The summed E-state index contributed by atoms with van der Waals surface area (Å²) in [6.45, 7) is 2.76. The van der Waals surface area contributed by atoms with E-state index in [4.69, 9.17) is 17.3 Å². The van der Waals surface area contributed by atoms with E-state index in [1.807, 2.05) is 31.2 Å². The molecule has 0 amide bonds. The lowest BCUT2D eigenvalue weighted by Gasteiger charge is -2.08. The van der Waals surface area contributed by atoms with Gasteiger partial charge in [-0.1, -0.05) is 24.3 Å². The Kier molecular flexibility index (Phi) is 5.87. The summed E-state index contributed by atoms with van der Waals surface area (Å²) >= 11 is 5.07. The van der Waals surface area contributed by atoms with E-state index in [1.54, 1.807) is 12.2 Å². The van der Waals surface area contributed by atoms with Crippen LogP contribution in [0.5, 0.6) is 0 Å². The molecule has 0 heterocycles. The van der Waals surface area contributed by atoms with Crippen molar-refractivity contribution in [1.29, 1.82) is 0 Å². The topological polar surface area (TPSA) is 61.4 Å². The fraction of sp³-hybridized carbons (Fsp3) is 0.231. The van der Waals surface area contributed by atoms with E-state index in [-0.39, 0.29) is 6.42 Å². The van der Waals surface area contributed by atoms with Gasteiger partial charge in [0, 0.05) is 12.2 Å². The molecule has 0 unspecified atom stereocenters. The van der Waals surface area contributed by atoms with Gasteiger partial charge in [-0.3, -0.25) is 4.79 Å². The van der Waals surface area contributed by atoms with Crippen molar-refractivity contribution in [3.63, 3.8) is 0 Å². The molecule has 5 heteroatoms. The molecule has 18 heavy (non-hydrogen) atoms. The molecule has 1 aromatic rings. The number of hydrogen-bond acceptors (Lipinski definition) is 2. The van der Waals surface area contributed by atoms with Crippen LogP contribution in [-0.4, -0.2) is 22.7 Å². The van der Waals surface area contributed by atoms with Crippen LogP contribution in [0.1, 0.15) is 18.9 Å². The standard InChI is InChI=1S/C13H16N2O2S/c1-2-14-13(18)15-11-8-6-10(7-9-11)4-3-5-12(16)17/h3-4,6-9H,2,5H2,1H3,(H,16,17)(H2,14,15,18)/b4-3+. The lowest BCUT2D eigenvalue weighted by atomic mass is 10.2. The Morgan fingerprint density at radius 1 is 1.39 bits per heavy atom. The molecule has 0 bridgehead atoms. The molecule has 0 spiro atoms. The largest absolute Gasteiger partial charge is 0.481 e. The predicted molar refractivity (Wildman–Crippen MR) is 77.6 cm³/mol. The third kappa shape index (κ3) is 5.45. The van der Waals surface area contributed by atoms with E-state index < -0.39 is 5.97 Å². The molecule has 1 rings (SSSR count). The zero-order valence-electron chi connectivity index (χ0n) is 10.1. The number of nitrogens with one attached hydrogen (secondary N) is 2. The predicted octanol–water partition coefficient (Wildman–Crippen LogP) is 2.48. The van der Waals surface area contributed by atoms with Crippen LogP contribution in [0.4, 0.5) is 5.69 Å². The van der Waals surface area contributed by atoms with Crippen molar-refractivity contribution in [1.82, 2.24) is 5.32 Å². The quantitative estimate of drug-likeness (QED) is 0.713. The van der Waals surface area contributed by atoms with Crippen molar-refractivity contribution in [3.05, 3.63) is 35.9 Å². The number of carbonyl (C=O) groups is 1. The SMILES string of the molecule is CCNC(=S)Nc1ccc(/C=C/CC(=O)O)cc1. The number of benzene rings is 1. The summed E-state index contributed by atoms with van der Waals surface area (Å²) in [4.78, 5) is 10.3. The van der Waals surface area contributed by atoms with Gasteiger partial charge in [-0.2, -0.15) is 0 Å². The second-order valence-electron chi connectivity index (χ2n) is 3.61. The number of rotatable bonds is 5. The first kappa shape index (κ1) is 14.2. The molecule has 0 saturated heterocycles. The first-order chi connectivity index (χ1) is 8.61. The second kappa shape index (κ2) is 7.45. The minimum absolute atomic E-state index is 0.0322. The zero-order valence-corrected chi connectivity index (χ0v) is 11.0. The van der Waals surface area contributed by atoms with Crippen molar-refractivity contribution in [2.75, 3.05) is 11.9 Å². The fourth-order valence-electron chi connectivity index (χ4n) is 1.31. The third-order valence-electron chi connectivity index (χ3n) is 2.11. The van der Waals surface area contributed by atoms with Crippen molar-refractivity contribution in [3.8, 4) is 0 Å². The zero-order chi connectivity index (χ0) is 13.4. The van der Waals surface area contributed by atoms with Gasteiger partial charge in [-0.25, -0.2) is 0 Å². The minimum Gasteiger partial charge on any atom is -0.481 e. The summed E-state index contributed by atoms with van der Waals surface area (Å²) in [6, 6.07) is 7.58. The van der Waals surface area contributed by atoms with Crippen LogP contribution in [0.25, 0.3) is 6.08 Å². The highest BCUT2D eigenvalue weighted by Gasteiger charge is 1.96. The van der Waals surface area contributed by atoms with E-state index >= 15 is 0 Å². The van der Waals surface area contributed by atoms with Gasteiger partial charge in [-0.15, -0.1) is 0 Å². The summed E-state index contributed by atoms with van der Waals surface area (Å²) < 4.78 is 0. The van der Waals surface area contributed by atoms with E-state index in [0.29, 0.717) is 5.11 Å². The summed E-state index contributed by atoms with van der Waals surface area (Å²) in [5.41, 5.74) is 1.85. The molecule has 1 aromatic carbocycles. The van der Waals surface area contributed by atoms with Crippen LogP contribution in [-0.2, 0) is 4.79 Å². The molecule has 0 radical (unpaired) electrons.